The summed E-state index contributed by atoms with van der Waals surface area (Å²) in [4.78, 5) is 56.1. The summed E-state index contributed by atoms with van der Waals surface area (Å²) in [7, 11) is 4.68. The number of amides is 3. The number of aromatic nitrogens is 3. The van der Waals surface area contributed by atoms with Crippen LogP contribution in [0.2, 0.25) is 0 Å². The Kier molecular flexibility index (Phi) is 10.6. The van der Waals surface area contributed by atoms with Crippen molar-refractivity contribution in [1.29, 1.82) is 0 Å². The van der Waals surface area contributed by atoms with Crippen LogP contribution in [0.4, 0.5) is 5.82 Å². The molecule has 6 rings (SSSR count). The van der Waals surface area contributed by atoms with Gasteiger partial charge in [0.05, 0.1) is 44.7 Å². The van der Waals surface area contributed by atoms with Crippen molar-refractivity contribution in [2.75, 3.05) is 65.5 Å². The zero-order valence-electron chi connectivity index (χ0n) is 30.0. The summed E-state index contributed by atoms with van der Waals surface area (Å²) in [5, 5.41) is 7.74. The maximum atomic E-state index is 14.2. The third-order valence-corrected chi connectivity index (χ3v) is 9.43. The summed E-state index contributed by atoms with van der Waals surface area (Å²) in [6.07, 6.45) is 1.90. The van der Waals surface area contributed by atoms with E-state index in [0.717, 1.165) is 30.8 Å². The highest BCUT2D eigenvalue weighted by atomic mass is 16.5. The highest BCUT2D eigenvalue weighted by molar-refractivity contribution is 5.93. The molecule has 2 aliphatic heterocycles. The summed E-state index contributed by atoms with van der Waals surface area (Å²) in [6, 6.07) is 5.54. The molecular weight excluding hydrogens is 658 g/mol. The standard InChI is InChI=1S/C36H45N7O8/c1-21-14-26(51-40-21)16-31(45)42-13-12-41(36(46)32-22(2)38-23(3)50-32)11-9-30(44)37-18-24-8-7-10-43(19-24)35-25(20-42)15-27-28(39-35)17-29(47-4)34(49-6)33(27)48-5/h14-15,17,24H,7-13,16,18-20H2,1-6H3,(H,37,44). The maximum Gasteiger partial charge on any atom is 0.291 e. The fraction of sp³-hybridized carbons (Fsp3) is 0.500. The van der Waals surface area contributed by atoms with E-state index < -0.39 is 5.91 Å². The fourth-order valence-corrected chi connectivity index (χ4v) is 6.91. The lowest BCUT2D eigenvalue weighted by Gasteiger charge is -2.35. The Morgan fingerprint density at radius 1 is 0.961 bits per heavy atom. The summed E-state index contributed by atoms with van der Waals surface area (Å²) in [5.41, 5.74) is 2.55. The van der Waals surface area contributed by atoms with Crippen molar-refractivity contribution >= 4 is 34.4 Å². The molecule has 1 atom stereocenters. The zero-order valence-corrected chi connectivity index (χ0v) is 30.0. The molecule has 1 saturated heterocycles. The molecule has 1 unspecified atom stereocenters. The van der Waals surface area contributed by atoms with E-state index in [2.05, 4.69) is 20.4 Å². The van der Waals surface area contributed by atoms with E-state index in [4.69, 9.17) is 28.1 Å². The molecule has 1 aromatic carbocycles. The molecule has 1 fully saturated rings. The second-order valence-electron chi connectivity index (χ2n) is 13.1. The molecule has 272 valence electrons. The molecular formula is C36H45N7O8. The molecule has 15 nitrogen and oxygen atoms in total. The number of methoxy groups -OCH3 is 3. The molecule has 3 amide bonds. The molecule has 5 heterocycles. The Morgan fingerprint density at radius 3 is 2.43 bits per heavy atom. The van der Waals surface area contributed by atoms with E-state index in [1.807, 2.05) is 12.1 Å². The van der Waals surface area contributed by atoms with Gasteiger partial charge in [0.2, 0.25) is 23.3 Å². The number of benzene rings is 1. The number of nitrogens with zero attached hydrogens (tertiary/aromatic N) is 6. The number of rotatable bonds is 6. The molecule has 15 heteroatoms. The highest BCUT2D eigenvalue weighted by Crippen LogP contribution is 2.44. The minimum Gasteiger partial charge on any atom is -0.493 e. The number of ether oxygens (including phenoxy) is 3. The van der Waals surface area contributed by atoms with Crippen molar-refractivity contribution in [3.05, 3.63) is 52.6 Å². The van der Waals surface area contributed by atoms with Crippen LogP contribution in [0.1, 0.15) is 58.4 Å². The van der Waals surface area contributed by atoms with Gasteiger partial charge in [0.25, 0.3) is 5.91 Å². The zero-order chi connectivity index (χ0) is 36.2. The molecule has 51 heavy (non-hydrogen) atoms. The van der Waals surface area contributed by atoms with E-state index in [1.54, 1.807) is 58.0 Å². The lowest BCUT2D eigenvalue weighted by atomic mass is 9.97. The number of oxazole rings is 1. The number of fused-ring (bicyclic) bond motifs is 5. The predicted molar refractivity (Wildman–Crippen MR) is 186 cm³/mol. The number of aryl methyl sites for hydroxylation is 3. The van der Waals surface area contributed by atoms with Crippen LogP contribution >= 0.6 is 0 Å². The van der Waals surface area contributed by atoms with Crippen LogP contribution < -0.4 is 24.4 Å². The normalized spacial score (nSPS) is 17.3. The smallest absolute Gasteiger partial charge is 0.291 e. The number of hydrogen-bond donors (Lipinski definition) is 1. The summed E-state index contributed by atoms with van der Waals surface area (Å²) in [6.45, 7) is 7.67. The molecule has 2 bridgehead atoms. The van der Waals surface area contributed by atoms with Crippen molar-refractivity contribution in [3.8, 4) is 17.2 Å². The van der Waals surface area contributed by atoms with Gasteiger partial charge in [-0.1, -0.05) is 5.16 Å². The average Bonchev–Trinajstić information content (AvgIpc) is 3.70. The van der Waals surface area contributed by atoms with Crippen LogP contribution in [0.25, 0.3) is 10.9 Å². The lowest BCUT2D eigenvalue weighted by Crippen LogP contribution is -2.43. The van der Waals surface area contributed by atoms with Crippen LogP contribution in [0.3, 0.4) is 0 Å². The minimum atomic E-state index is -0.399. The summed E-state index contributed by atoms with van der Waals surface area (Å²) >= 11 is 0. The Hall–Kier alpha value is -5.34. The third kappa shape index (κ3) is 7.71. The second-order valence-corrected chi connectivity index (χ2v) is 13.1. The van der Waals surface area contributed by atoms with Crippen LogP contribution in [-0.2, 0) is 22.6 Å². The fourth-order valence-electron chi connectivity index (χ4n) is 6.91. The van der Waals surface area contributed by atoms with E-state index in [-0.39, 0.29) is 62.5 Å². The van der Waals surface area contributed by atoms with Gasteiger partial charge in [-0.25, -0.2) is 9.97 Å². The van der Waals surface area contributed by atoms with Gasteiger partial charge in [-0.3, -0.25) is 14.4 Å². The van der Waals surface area contributed by atoms with Gasteiger partial charge in [-0.2, -0.15) is 0 Å². The average molecular weight is 704 g/mol. The van der Waals surface area contributed by atoms with Crippen molar-refractivity contribution in [2.24, 2.45) is 5.92 Å². The summed E-state index contributed by atoms with van der Waals surface area (Å²) < 4.78 is 28.3. The van der Waals surface area contributed by atoms with Crippen LogP contribution in [-0.4, -0.2) is 103 Å². The molecule has 0 radical (unpaired) electrons. The molecule has 2 aliphatic rings. The molecule has 3 aromatic heterocycles. The van der Waals surface area contributed by atoms with E-state index in [9.17, 15) is 14.4 Å². The molecule has 0 aliphatic carbocycles. The van der Waals surface area contributed by atoms with Crippen LogP contribution in [0.15, 0.2) is 27.1 Å². The number of nitrogens with one attached hydrogen (secondary N) is 1. The number of anilines is 1. The van der Waals surface area contributed by atoms with Crippen molar-refractivity contribution in [2.45, 2.75) is 53.0 Å². The predicted octanol–water partition coefficient (Wildman–Crippen LogP) is 3.61. The third-order valence-electron chi connectivity index (χ3n) is 9.43. The molecule has 0 spiro atoms. The van der Waals surface area contributed by atoms with E-state index >= 15 is 0 Å². The lowest BCUT2D eigenvalue weighted by molar-refractivity contribution is -0.131. The topological polar surface area (TPSA) is 166 Å². The van der Waals surface area contributed by atoms with Gasteiger partial charge in [-0.05, 0) is 38.7 Å². The first-order valence-electron chi connectivity index (χ1n) is 17.2. The van der Waals surface area contributed by atoms with Gasteiger partial charge in [0.1, 0.15) is 11.6 Å². The number of carbonyl (C=O) groups is 3. The number of pyridine rings is 1. The maximum absolute atomic E-state index is 14.2. The monoisotopic (exact) mass is 703 g/mol. The van der Waals surface area contributed by atoms with Gasteiger partial charge < -0.3 is 43.2 Å². The molecule has 4 aromatic rings. The second kappa shape index (κ2) is 15.3. The SMILES string of the molecule is COc1cc2nc3c(cc2c(OC)c1OC)CN(C(=O)Cc1cc(C)no1)CCN(C(=O)c1oc(C)nc1C)CCC(=O)NCC1CCCN3C1. The van der Waals surface area contributed by atoms with E-state index in [0.29, 0.717) is 64.3 Å². The van der Waals surface area contributed by atoms with Crippen molar-refractivity contribution in [1.82, 2.24) is 30.2 Å². The van der Waals surface area contributed by atoms with Crippen LogP contribution in [0.5, 0.6) is 17.2 Å². The van der Waals surface area contributed by atoms with Gasteiger partial charge in [-0.15, -0.1) is 0 Å². The Bertz CT molecular complexity index is 1920. The first kappa shape index (κ1) is 35.5. The summed E-state index contributed by atoms with van der Waals surface area (Å²) in [5.74, 6) is 2.39. The highest BCUT2D eigenvalue weighted by Gasteiger charge is 2.30. The Labute approximate surface area is 296 Å². The molecule has 1 N–H and O–H groups in total. The van der Waals surface area contributed by atoms with Crippen LogP contribution in [0, 0.1) is 26.7 Å². The number of hydrogen-bond acceptors (Lipinski definition) is 12. The Morgan fingerprint density at radius 2 is 1.75 bits per heavy atom. The largest absolute Gasteiger partial charge is 0.493 e. The van der Waals surface area contributed by atoms with Gasteiger partial charge in [0.15, 0.2) is 17.4 Å². The number of piperidine rings is 1. The van der Waals surface area contributed by atoms with Gasteiger partial charge >= 0.3 is 0 Å². The number of carbonyl (C=O) groups excluding carboxylic acids is 3. The minimum absolute atomic E-state index is 0.0337. The Balaban J connectivity index is 1.46. The first-order valence-corrected chi connectivity index (χ1v) is 17.2. The first-order chi connectivity index (χ1) is 24.6. The van der Waals surface area contributed by atoms with Gasteiger partial charge in [0, 0.05) is 82.2 Å². The molecule has 0 saturated carbocycles. The van der Waals surface area contributed by atoms with Crippen molar-refractivity contribution < 1.29 is 37.5 Å². The van der Waals surface area contributed by atoms with E-state index in [1.165, 1.54) is 0 Å². The quantitative estimate of drug-likeness (QED) is 0.311. The van der Waals surface area contributed by atoms with Crippen molar-refractivity contribution in [3.63, 3.8) is 0 Å².